The second-order valence-electron chi connectivity index (χ2n) is 3.80. The second kappa shape index (κ2) is 6.21. The predicted octanol–water partition coefficient (Wildman–Crippen LogP) is 2.73. The Balaban J connectivity index is 3.21. The van der Waals surface area contributed by atoms with Crippen LogP contribution in [0.1, 0.15) is 28.8 Å². The highest BCUT2D eigenvalue weighted by Gasteiger charge is 2.20. The van der Waals surface area contributed by atoms with E-state index in [-0.39, 0.29) is 11.2 Å². The van der Waals surface area contributed by atoms with E-state index in [4.69, 9.17) is 9.84 Å². The van der Waals surface area contributed by atoms with Crippen LogP contribution in [0, 0.1) is 0 Å². The van der Waals surface area contributed by atoms with Crippen molar-refractivity contribution >= 4 is 31.2 Å². The van der Waals surface area contributed by atoms with Crippen LogP contribution in [0.5, 0.6) is 5.75 Å². The number of carbonyl (C=O) groups is 1. The van der Waals surface area contributed by atoms with Crippen LogP contribution in [-0.2, 0) is 0 Å². The van der Waals surface area contributed by atoms with Gasteiger partial charge in [0.05, 0.1) is 12.7 Å². The summed E-state index contributed by atoms with van der Waals surface area (Å²) in [6.45, 7) is 1.94. The number of carboxylic acid groups (broad SMARTS) is 1. The van der Waals surface area contributed by atoms with Gasteiger partial charge in [-0.25, -0.2) is 4.79 Å². The molecule has 2 atom stereocenters. The minimum atomic E-state index is -0.936. The molecule has 0 aliphatic rings. The minimum absolute atomic E-state index is 0.00275. The van der Waals surface area contributed by atoms with Crippen LogP contribution >= 0.6 is 25.3 Å². The average Bonchev–Trinajstić information content (AvgIpc) is 2.35. The lowest BCUT2D eigenvalue weighted by Gasteiger charge is -2.20. The van der Waals surface area contributed by atoms with Crippen molar-refractivity contribution in [3.8, 4) is 5.75 Å². The van der Waals surface area contributed by atoms with Crippen LogP contribution in [0.15, 0.2) is 18.2 Å². The number of methoxy groups -OCH3 is 1. The highest BCUT2D eigenvalue weighted by atomic mass is 32.1. The summed E-state index contributed by atoms with van der Waals surface area (Å²) in [5, 5.41) is 9.15. The number of hydrogen-bond acceptors (Lipinski definition) is 4. The molecule has 3 nitrogen and oxygen atoms in total. The van der Waals surface area contributed by atoms with Gasteiger partial charge in [0, 0.05) is 11.0 Å². The standard InChI is InChI=1S/C12H16O3S2/c1-7(11(17)6-16)10-5-8(15-2)3-4-9(10)12(13)14/h3-5,7,11,16-17H,6H2,1-2H3,(H,13,14). The normalized spacial score (nSPS) is 14.1. The zero-order chi connectivity index (χ0) is 13.0. The van der Waals surface area contributed by atoms with Gasteiger partial charge in [-0.3, -0.25) is 0 Å². The van der Waals surface area contributed by atoms with Gasteiger partial charge >= 0.3 is 5.97 Å². The molecule has 1 aromatic rings. The number of thiol groups is 2. The van der Waals surface area contributed by atoms with Gasteiger partial charge in [-0.15, -0.1) is 0 Å². The first-order valence-electron chi connectivity index (χ1n) is 5.21. The third kappa shape index (κ3) is 3.33. The Kier molecular flexibility index (Phi) is 5.21. The molecule has 17 heavy (non-hydrogen) atoms. The molecule has 0 aliphatic carbocycles. The van der Waals surface area contributed by atoms with Gasteiger partial charge in [-0.1, -0.05) is 6.92 Å². The van der Waals surface area contributed by atoms with Crippen molar-refractivity contribution < 1.29 is 14.6 Å². The third-order valence-corrected chi connectivity index (χ3v) is 4.06. The van der Waals surface area contributed by atoms with Crippen LogP contribution in [0.4, 0.5) is 0 Å². The zero-order valence-corrected chi connectivity index (χ0v) is 11.5. The van der Waals surface area contributed by atoms with E-state index in [9.17, 15) is 4.79 Å². The molecule has 0 bridgehead atoms. The minimum Gasteiger partial charge on any atom is -0.497 e. The monoisotopic (exact) mass is 272 g/mol. The van der Waals surface area contributed by atoms with Gasteiger partial charge in [0.1, 0.15) is 5.75 Å². The molecule has 0 aliphatic heterocycles. The van der Waals surface area contributed by atoms with Crippen LogP contribution in [0.25, 0.3) is 0 Å². The van der Waals surface area contributed by atoms with Crippen molar-refractivity contribution in [3.05, 3.63) is 29.3 Å². The van der Waals surface area contributed by atoms with Crippen LogP contribution in [0.3, 0.4) is 0 Å². The Morgan fingerprint density at radius 2 is 2.18 bits per heavy atom. The van der Waals surface area contributed by atoms with E-state index in [2.05, 4.69) is 25.3 Å². The van der Waals surface area contributed by atoms with E-state index in [1.54, 1.807) is 25.3 Å². The highest BCUT2D eigenvalue weighted by Crippen LogP contribution is 2.30. The number of aromatic carboxylic acids is 1. The van der Waals surface area contributed by atoms with Crippen molar-refractivity contribution in [2.45, 2.75) is 18.1 Å². The first kappa shape index (κ1) is 14.3. The summed E-state index contributed by atoms with van der Waals surface area (Å²) in [5.41, 5.74) is 1.02. The molecule has 0 saturated heterocycles. The first-order chi connectivity index (χ1) is 8.01. The van der Waals surface area contributed by atoms with Crippen molar-refractivity contribution in [3.63, 3.8) is 0 Å². The summed E-state index contributed by atoms with van der Waals surface area (Å²) < 4.78 is 5.12. The lowest BCUT2D eigenvalue weighted by Crippen LogP contribution is -2.15. The molecule has 1 aromatic carbocycles. The Morgan fingerprint density at radius 3 is 2.65 bits per heavy atom. The summed E-state index contributed by atoms with van der Waals surface area (Å²) in [6, 6.07) is 4.96. The molecular formula is C12H16O3S2. The average molecular weight is 272 g/mol. The quantitative estimate of drug-likeness (QED) is 0.722. The van der Waals surface area contributed by atoms with Gasteiger partial charge in [0.15, 0.2) is 0 Å². The summed E-state index contributed by atoms with van der Waals surface area (Å²) in [6.07, 6.45) is 0. The number of hydrogen-bond donors (Lipinski definition) is 3. The number of ether oxygens (including phenoxy) is 1. The fourth-order valence-corrected chi connectivity index (χ4v) is 2.08. The molecule has 0 spiro atoms. The largest absolute Gasteiger partial charge is 0.497 e. The molecule has 0 radical (unpaired) electrons. The van der Waals surface area contributed by atoms with Crippen molar-refractivity contribution in [2.24, 2.45) is 0 Å². The van der Waals surface area contributed by atoms with Gasteiger partial charge in [-0.2, -0.15) is 25.3 Å². The molecular weight excluding hydrogens is 256 g/mol. The summed E-state index contributed by atoms with van der Waals surface area (Å²) >= 11 is 8.59. The summed E-state index contributed by atoms with van der Waals surface area (Å²) in [5.74, 6) is 0.295. The topological polar surface area (TPSA) is 46.5 Å². The zero-order valence-electron chi connectivity index (χ0n) is 9.75. The molecule has 5 heteroatoms. The van der Waals surface area contributed by atoms with E-state index < -0.39 is 5.97 Å². The van der Waals surface area contributed by atoms with Gasteiger partial charge in [0.2, 0.25) is 0 Å². The Hall–Kier alpha value is -0.810. The maximum atomic E-state index is 11.2. The molecule has 0 aromatic heterocycles. The van der Waals surface area contributed by atoms with E-state index in [0.717, 1.165) is 5.56 Å². The lowest BCUT2D eigenvalue weighted by atomic mass is 9.93. The molecule has 1 N–H and O–H groups in total. The molecule has 2 unspecified atom stereocenters. The lowest BCUT2D eigenvalue weighted by molar-refractivity contribution is 0.0695. The summed E-state index contributed by atoms with van der Waals surface area (Å²) in [7, 11) is 1.56. The van der Waals surface area contributed by atoms with E-state index in [1.165, 1.54) is 0 Å². The van der Waals surface area contributed by atoms with Gasteiger partial charge in [0.25, 0.3) is 0 Å². The van der Waals surface area contributed by atoms with Crippen LogP contribution in [0.2, 0.25) is 0 Å². The number of rotatable bonds is 5. The van der Waals surface area contributed by atoms with E-state index in [0.29, 0.717) is 17.1 Å². The van der Waals surface area contributed by atoms with Crippen molar-refractivity contribution in [1.29, 1.82) is 0 Å². The second-order valence-corrected chi connectivity index (χ2v) is 4.83. The molecule has 0 saturated carbocycles. The van der Waals surface area contributed by atoms with Crippen molar-refractivity contribution in [2.75, 3.05) is 12.9 Å². The number of benzene rings is 1. The van der Waals surface area contributed by atoms with E-state index in [1.807, 2.05) is 6.92 Å². The third-order valence-electron chi connectivity index (χ3n) is 2.74. The Morgan fingerprint density at radius 1 is 1.53 bits per heavy atom. The van der Waals surface area contributed by atoms with Crippen molar-refractivity contribution in [1.82, 2.24) is 0 Å². The molecule has 0 amide bonds. The SMILES string of the molecule is COc1ccc(C(=O)O)c(C(C)C(S)CS)c1. The predicted molar refractivity (Wildman–Crippen MR) is 75.0 cm³/mol. The molecule has 0 fully saturated rings. The van der Waals surface area contributed by atoms with Gasteiger partial charge in [-0.05, 0) is 29.7 Å². The molecule has 1 rings (SSSR count). The first-order valence-corrected chi connectivity index (χ1v) is 6.36. The number of carboxylic acids is 1. The molecule has 94 valence electrons. The smallest absolute Gasteiger partial charge is 0.335 e. The van der Waals surface area contributed by atoms with Gasteiger partial charge < -0.3 is 9.84 Å². The summed E-state index contributed by atoms with van der Waals surface area (Å²) in [4.78, 5) is 11.2. The fourth-order valence-electron chi connectivity index (χ4n) is 1.60. The fraction of sp³-hybridized carbons (Fsp3) is 0.417. The Bertz CT molecular complexity index is 407. The maximum absolute atomic E-state index is 11.2. The Labute approximate surface area is 112 Å². The van der Waals surface area contributed by atoms with Crippen LogP contribution < -0.4 is 4.74 Å². The maximum Gasteiger partial charge on any atom is 0.335 e. The van der Waals surface area contributed by atoms with E-state index >= 15 is 0 Å². The highest BCUT2D eigenvalue weighted by molar-refractivity contribution is 7.84. The van der Waals surface area contributed by atoms with Crippen LogP contribution in [-0.4, -0.2) is 29.2 Å². The molecule has 0 heterocycles.